The highest BCUT2D eigenvalue weighted by atomic mass is 16.5. The van der Waals surface area contributed by atoms with E-state index in [9.17, 15) is 14.4 Å². The summed E-state index contributed by atoms with van der Waals surface area (Å²) in [5.41, 5.74) is 1.80. The molecule has 124 valence electrons. The van der Waals surface area contributed by atoms with Crippen LogP contribution in [-0.4, -0.2) is 25.0 Å². The van der Waals surface area contributed by atoms with Crippen molar-refractivity contribution in [3.05, 3.63) is 71.3 Å². The van der Waals surface area contributed by atoms with Crippen molar-refractivity contribution >= 4 is 17.9 Å². The number of hydrogen-bond donors (Lipinski definition) is 2. The molecule has 2 rings (SSSR count). The van der Waals surface area contributed by atoms with E-state index in [1.54, 1.807) is 54.6 Å². The minimum Gasteiger partial charge on any atom is -0.444 e. The molecule has 6 heteroatoms. The molecule has 6 nitrogen and oxygen atoms in total. The smallest absolute Gasteiger partial charge is 0.339 e. The molecule has 0 saturated carbocycles. The summed E-state index contributed by atoms with van der Waals surface area (Å²) >= 11 is 0. The van der Waals surface area contributed by atoms with Gasteiger partial charge in [0.2, 0.25) is 6.10 Å². The van der Waals surface area contributed by atoms with Crippen LogP contribution in [0.2, 0.25) is 0 Å². The molecule has 0 heterocycles. The van der Waals surface area contributed by atoms with Gasteiger partial charge in [0.15, 0.2) is 0 Å². The van der Waals surface area contributed by atoms with Gasteiger partial charge in [-0.25, -0.2) is 9.59 Å². The summed E-state index contributed by atoms with van der Waals surface area (Å²) in [6, 6.07) is 14.6. The number of benzene rings is 2. The number of imide groups is 1. The summed E-state index contributed by atoms with van der Waals surface area (Å²) in [4.78, 5) is 35.9. The van der Waals surface area contributed by atoms with Crippen molar-refractivity contribution in [1.82, 2.24) is 10.6 Å². The number of urea groups is 1. The first-order valence-electron chi connectivity index (χ1n) is 7.36. The van der Waals surface area contributed by atoms with Crippen LogP contribution in [0.4, 0.5) is 4.79 Å². The van der Waals surface area contributed by atoms with Gasteiger partial charge in [-0.15, -0.1) is 0 Å². The first kappa shape index (κ1) is 17.2. The molecule has 0 aromatic heterocycles. The zero-order valence-corrected chi connectivity index (χ0v) is 13.4. The summed E-state index contributed by atoms with van der Waals surface area (Å²) in [7, 11) is 1.39. The fourth-order valence-electron chi connectivity index (χ4n) is 2.01. The first-order chi connectivity index (χ1) is 11.5. The number of aryl methyl sites for hydroxylation is 1. The highest BCUT2D eigenvalue weighted by Crippen LogP contribution is 2.19. The molecule has 3 amide bonds. The molecule has 0 aliphatic rings. The Morgan fingerprint density at radius 2 is 1.58 bits per heavy atom. The Kier molecular flexibility index (Phi) is 5.68. The fourth-order valence-corrected chi connectivity index (χ4v) is 2.01. The summed E-state index contributed by atoms with van der Waals surface area (Å²) < 4.78 is 5.34. The minimum atomic E-state index is -1.22. The molecule has 0 bridgehead atoms. The van der Waals surface area contributed by atoms with Gasteiger partial charge in [-0.3, -0.25) is 10.1 Å². The number of carbonyl (C=O) groups excluding carboxylic acids is 3. The molecule has 2 aromatic rings. The number of ether oxygens (including phenoxy) is 1. The van der Waals surface area contributed by atoms with Crippen LogP contribution in [-0.2, 0) is 9.53 Å². The number of amides is 3. The molecule has 0 fully saturated rings. The van der Waals surface area contributed by atoms with Gasteiger partial charge in [-0.05, 0) is 19.1 Å². The maximum atomic E-state index is 12.3. The lowest BCUT2D eigenvalue weighted by atomic mass is 10.1. The largest absolute Gasteiger partial charge is 0.444 e. The van der Waals surface area contributed by atoms with Crippen molar-refractivity contribution in [3.63, 3.8) is 0 Å². The molecule has 0 radical (unpaired) electrons. The van der Waals surface area contributed by atoms with E-state index in [2.05, 4.69) is 10.6 Å². The van der Waals surface area contributed by atoms with Gasteiger partial charge in [-0.1, -0.05) is 48.0 Å². The van der Waals surface area contributed by atoms with Crippen LogP contribution in [0.1, 0.15) is 27.6 Å². The molecular weight excluding hydrogens is 308 g/mol. The normalized spacial score (nSPS) is 11.2. The van der Waals surface area contributed by atoms with Crippen molar-refractivity contribution in [2.24, 2.45) is 0 Å². The predicted molar refractivity (Wildman–Crippen MR) is 88.4 cm³/mol. The van der Waals surface area contributed by atoms with E-state index in [4.69, 9.17) is 4.74 Å². The third-order valence-electron chi connectivity index (χ3n) is 3.32. The standard InChI is InChI=1S/C18H18N2O4/c1-12-8-10-14(11-9-12)17(22)24-15(13-6-4-3-5-7-13)16(21)20-18(23)19-2/h3-11,15H,1-2H3,(H2,19,20,21,23)/t15-/m1/s1. The molecule has 2 aromatic carbocycles. The van der Waals surface area contributed by atoms with Crippen LogP contribution in [0.3, 0.4) is 0 Å². The SMILES string of the molecule is CNC(=O)NC(=O)[C@H](OC(=O)c1ccc(C)cc1)c1ccccc1. The average Bonchev–Trinajstić information content (AvgIpc) is 2.60. The third kappa shape index (κ3) is 4.42. The maximum Gasteiger partial charge on any atom is 0.339 e. The molecule has 0 spiro atoms. The van der Waals surface area contributed by atoms with Gasteiger partial charge < -0.3 is 10.1 Å². The lowest BCUT2D eigenvalue weighted by Crippen LogP contribution is -2.41. The van der Waals surface area contributed by atoms with E-state index in [0.717, 1.165) is 5.56 Å². The Labute approximate surface area is 139 Å². The van der Waals surface area contributed by atoms with Gasteiger partial charge in [0, 0.05) is 12.6 Å². The van der Waals surface area contributed by atoms with Crippen molar-refractivity contribution < 1.29 is 19.1 Å². The van der Waals surface area contributed by atoms with E-state index in [0.29, 0.717) is 11.1 Å². The van der Waals surface area contributed by atoms with Gasteiger partial charge in [-0.2, -0.15) is 0 Å². The second-order valence-electron chi connectivity index (χ2n) is 5.13. The minimum absolute atomic E-state index is 0.328. The number of nitrogens with one attached hydrogen (secondary N) is 2. The molecule has 0 unspecified atom stereocenters. The monoisotopic (exact) mass is 326 g/mol. The van der Waals surface area contributed by atoms with Gasteiger partial charge in [0.05, 0.1) is 5.56 Å². The molecule has 2 N–H and O–H groups in total. The van der Waals surface area contributed by atoms with E-state index < -0.39 is 24.0 Å². The fraction of sp³-hybridized carbons (Fsp3) is 0.167. The van der Waals surface area contributed by atoms with Crippen LogP contribution in [0.25, 0.3) is 0 Å². The Hall–Kier alpha value is -3.15. The summed E-state index contributed by atoms with van der Waals surface area (Å²) in [5.74, 6) is -1.36. The molecule has 24 heavy (non-hydrogen) atoms. The highest BCUT2D eigenvalue weighted by molar-refractivity contribution is 5.99. The zero-order valence-electron chi connectivity index (χ0n) is 13.4. The van der Waals surface area contributed by atoms with Crippen molar-refractivity contribution in [2.45, 2.75) is 13.0 Å². The van der Waals surface area contributed by atoms with Crippen LogP contribution in [0.5, 0.6) is 0 Å². The van der Waals surface area contributed by atoms with E-state index >= 15 is 0 Å². The van der Waals surface area contributed by atoms with Crippen LogP contribution in [0, 0.1) is 6.92 Å². The second-order valence-corrected chi connectivity index (χ2v) is 5.13. The van der Waals surface area contributed by atoms with Crippen molar-refractivity contribution in [1.29, 1.82) is 0 Å². The van der Waals surface area contributed by atoms with Crippen molar-refractivity contribution in [3.8, 4) is 0 Å². The van der Waals surface area contributed by atoms with Gasteiger partial charge in [0.1, 0.15) is 0 Å². The maximum absolute atomic E-state index is 12.3. The molecular formula is C18H18N2O4. The Balaban J connectivity index is 2.22. The van der Waals surface area contributed by atoms with Crippen LogP contribution in [0.15, 0.2) is 54.6 Å². The zero-order chi connectivity index (χ0) is 17.5. The lowest BCUT2D eigenvalue weighted by Gasteiger charge is -2.17. The molecule has 0 aliphatic heterocycles. The number of carbonyl (C=O) groups is 3. The van der Waals surface area contributed by atoms with Gasteiger partial charge >= 0.3 is 12.0 Å². The Morgan fingerprint density at radius 1 is 0.958 bits per heavy atom. The Morgan fingerprint density at radius 3 is 2.17 bits per heavy atom. The van der Waals surface area contributed by atoms with Crippen molar-refractivity contribution in [2.75, 3.05) is 7.05 Å². The predicted octanol–water partition coefficient (Wildman–Crippen LogP) is 2.35. The summed E-state index contributed by atoms with van der Waals surface area (Å²) in [6.45, 7) is 1.90. The molecule has 1 atom stereocenters. The summed E-state index contributed by atoms with van der Waals surface area (Å²) in [6.07, 6.45) is -1.22. The number of esters is 1. The molecule has 0 aliphatic carbocycles. The molecule has 0 saturated heterocycles. The van der Waals surface area contributed by atoms with Gasteiger partial charge in [0.25, 0.3) is 5.91 Å². The van der Waals surface area contributed by atoms with E-state index in [1.165, 1.54) is 7.05 Å². The van der Waals surface area contributed by atoms with Crippen LogP contribution >= 0.6 is 0 Å². The number of hydrogen-bond acceptors (Lipinski definition) is 4. The van der Waals surface area contributed by atoms with E-state index in [-0.39, 0.29) is 0 Å². The van der Waals surface area contributed by atoms with Crippen LogP contribution < -0.4 is 10.6 Å². The first-order valence-corrected chi connectivity index (χ1v) is 7.36. The lowest BCUT2D eigenvalue weighted by molar-refractivity contribution is -0.129. The average molecular weight is 326 g/mol. The number of rotatable bonds is 4. The Bertz CT molecular complexity index is 726. The topological polar surface area (TPSA) is 84.5 Å². The van der Waals surface area contributed by atoms with E-state index in [1.807, 2.05) is 6.92 Å². The summed E-state index contributed by atoms with van der Waals surface area (Å²) in [5, 5.41) is 4.41. The second kappa shape index (κ2) is 7.92. The quantitative estimate of drug-likeness (QED) is 0.845. The highest BCUT2D eigenvalue weighted by Gasteiger charge is 2.26. The third-order valence-corrected chi connectivity index (χ3v) is 3.32.